The minimum atomic E-state index is -0.428. The number of rotatable bonds is 2. The van der Waals surface area contributed by atoms with Gasteiger partial charge in [0.05, 0.1) is 17.7 Å². The van der Waals surface area contributed by atoms with E-state index in [1.165, 1.54) is 0 Å². The zero-order chi connectivity index (χ0) is 12.3. The van der Waals surface area contributed by atoms with Crippen LogP contribution < -0.4 is 5.32 Å². The molecule has 1 heterocycles. The topological polar surface area (TPSA) is 62.2 Å². The first-order valence-electron chi connectivity index (χ1n) is 5.78. The number of hydrogen-bond donors (Lipinski definition) is 2. The maximum Gasteiger partial charge on any atom is 0.254 e. The monoisotopic (exact) mass is 298 g/mol. The Hall–Kier alpha value is -0.940. The third-order valence-electron chi connectivity index (χ3n) is 3.05. The fourth-order valence-corrected chi connectivity index (χ4v) is 2.51. The Labute approximate surface area is 109 Å². The Bertz CT molecular complexity index is 411. The van der Waals surface area contributed by atoms with Crippen molar-refractivity contribution in [3.05, 3.63) is 28.5 Å². The summed E-state index contributed by atoms with van der Waals surface area (Å²) in [7, 11) is 0. The SMILES string of the molecule is O=C(N[C@H]1CCCC[C@@H]1O)c1cccnc1Br. The van der Waals surface area contributed by atoms with Crippen molar-refractivity contribution >= 4 is 21.8 Å². The highest BCUT2D eigenvalue weighted by Crippen LogP contribution is 2.19. The summed E-state index contributed by atoms with van der Waals surface area (Å²) in [6.45, 7) is 0. The molecule has 0 spiro atoms. The number of aliphatic hydroxyl groups excluding tert-OH is 1. The first-order valence-corrected chi connectivity index (χ1v) is 6.57. The van der Waals surface area contributed by atoms with Gasteiger partial charge in [-0.05, 0) is 40.9 Å². The second-order valence-electron chi connectivity index (χ2n) is 4.27. The van der Waals surface area contributed by atoms with E-state index < -0.39 is 6.10 Å². The van der Waals surface area contributed by atoms with Crippen LogP contribution in [-0.4, -0.2) is 28.1 Å². The summed E-state index contributed by atoms with van der Waals surface area (Å²) >= 11 is 3.24. The number of hydrogen-bond acceptors (Lipinski definition) is 3. The van der Waals surface area contributed by atoms with E-state index in [-0.39, 0.29) is 11.9 Å². The molecule has 1 aromatic heterocycles. The number of aliphatic hydroxyl groups is 1. The second-order valence-corrected chi connectivity index (χ2v) is 5.02. The number of halogens is 1. The van der Waals surface area contributed by atoms with Gasteiger partial charge in [-0.2, -0.15) is 0 Å². The fourth-order valence-electron chi connectivity index (χ4n) is 2.08. The van der Waals surface area contributed by atoms with Gasteiger partial charge >= 0.3 is 0 Å². The van der Waals surface area contributed by atoms with E-state index in [2.05, 4.69) is 26.2 Å². The predicted molar refractivity (Wildman–Crippen MR) is 67.7 cm³/mol. The van der Waals surface area contributed by atoms with Crippen molar-refractivity contribution in [3.63, 3.8) is 0 Å². The summed E-state index contributed by atoms with van der Waals surface area (Å²) in [5.74, 6) is -0.184. The lowest BCUT2D eigenvalue weighted by molar-refractivity contribution is 0.0716. The lowest BCUT2D eigenvalue weighted by Crippen LogP contribution is -2.45. The first kappa shape index (κ1) is 12.5. The molecule has 1 fully saturated rings. The van der Waals surface area contributed by atoms with Crippen LogP contribution in [0.2, 0.25) is 0 Å². The third kappa shape index (κ3) is 3.04. The Morgan fingerprint density at radius 2 is 2.24 bits per heavy atom. The summed E-state index contributed by atoms with van der Waals surface area (Å²) in [5, 5.41) is 12.7. The summed E-state index contributed by atoms with van der Waals surface area (Å²) < 4.78 is 0.530. The van der Waals surface area contributed by atoms with Crippen LogP contribution in [0, 0.1) is 0 Å². The second kappa shape index (κ2) is 5.60. The van der Waals surface area contributed by atoms with E-state index >= 15 is 0 Å². The molecular weight excluding hydrogens is 284 g/mol. The van der Waals surface area contributed by atoms with E-state index in [1.807, 2.05) is 0 Å². The van der Waals surface area contributed by atoms with Gasteiger partial charge in [-0.15, -0.1) is 0 Å². The van der Waals surface area contributed by atoms with Crippen LogP contribution in [0.5, 0.6) is 0 Å². The molecule has 1 saturated carbocycles. The molecule has 0 saturated heterocycles. The molecule has 0 unspecified atom stereocenters. The van der Waals surface area contributed by atoms with Crippen LogP contribution in [0.4, 0.5) is 0 Å². The van der Waals surface area contributed by atoms with Crippen molar-refractivity contribution in [1.82, 2.24) is 10.3 Å². The average Bonchev–Trinajstić information content (AvgIpc) is 2.32. The molecule has 1 amide bonds. The molecule has 5 heteroatoms. The molecule has 4 nitrogen and oxygen atoms in total. The zero-order valence-electron chi connectivity index (χ0n) is 9.40. The largest absolute Gasteiger partial charge is 0.391 e. The molecule has 0 aromatic carbocycles. The summed E-state index contributed by atoms with van der Waals surface area (Å²) in [6.07, 6.45) is 4.88. The predicted octanol–water partition coefficient (Wildman–Crippen LogP) is 1.88. The Balaban J connectivity index is 2.04. The summed E-state index contributed by atoms with van der Waals surface area (Å²) in [4.78, 5) is 16.0. The van der Waals surface area contributed by atoms with Crippen LogP contribution in [0.1, 0.15) is 36.0 Å². The van der Waals surface area contributed by atoms with E-state index in [4.69, 9.17) is 0 Å². The third-order valence-corrected chi connectivity index (χ3v) is 3.68. The van der Waals surface area contributed by atoms with Gasteiger partial charge in [0.2, 0.25) is 0 Å². The van der Waals surface area contributed by atoms with Crippen molar-refractivity contribution in [2.45, 2.75) is 37.8 Å². The average molecular weight is 299 g/mol. The molecule has 1 aliphatic rings. The van der Waals surface area contributed by atoms with E-state index in [0.29, 0.717) is 10.2 Å². The normalized spacial score (nSPS) is 24.4. The van der Waals surface area contributed by atoms with E-state index in [0.717, 1.165) is 25.7 Å². The Morgan fingerprint density at radius 1 is 1.47 bits per heavy atom. The van der Waals surface area contributed by atoms with Crippen molar-refractivity contribution in [1.29, 1.82) is 0 Å². The van der Waals surface area contributed by atoms with Gasteiger partial charge in [-0.25, -0.2) is 4.98 Å². The molecule has 2 rings (SSSR count). The highest BCUT2D eigenvalue weighted by Gasteiger charge is 2.25. The van der Waals surface area contributed by atoms with Gasteiger partial charge in [-0.1, -0.05) is 12.8 Å². The van der Waals surface area contributed by atoms with Crippen LogP contribution >= 0.6 is 15.9 Å². The number of carbonyl (C=O) groups is 1. The maximum atomic E-state index is 12.0. The van der Waals surface area contributed by atoms with Crippen molar-refractivity contribution < 1.29 is 9.90 Å². The van der Waals surface area contributed by atoms with Gasteiger partial charge < -0.3 is 10.4 Å². The quantitative estimate of drug-likeness (QED) is 0.820. The van der Waals surface area contributed by atoms with Crippen molar-refractivity contribution in [3.8, 4) is 0 Å². The van der Waals surface area contributed by atoms with Gasteiger partial charge in [-0.3, -0.25) is 4.79 Å². The summed E-state index contributed by atoms with van der Waals surface area (Å²) in [6, 6.07) is 3.29. The number of carbonyl (C=O) groups excluding carboxylic acids is 1. The molecule has 92 valence electrons. The molecule has 0 aliphatic heterocycles. The van der Waals surface area contributed by atoms with Gasteiger partial charge in [0.1, 0.15) is 4.60 Å². The zero-order valence-corrected chi connectivity index (χ0v) is 11.0. The maximum absolute atomic E-state index is 12.0. The standard InChI is InChI=1S/C12H15BrN2O2/c13-11-8(4-3-7-14-11)12(17)15-9-5-1-2-6-10(9)16/h3-4,7,9-10,16H,1-2,5-6H2,(H,15,17)/t9-,10-/m0/s1. The molecule has 0 radical (unpaired) electrons. The van der Waals surface area contributed by atoms with E-state index in [1.54, 1.807) is 18.3 Å². The number of amides is 1. The molecular formula is C12H15BrN2O2. The highest BCUT2D eigenvalue weighted by atomic mass is 79.9. The van der Waals surface area contributed by atoms with Crippen molar-refractivity contribution in [2.75, 3.05) is 0 Å². The molecule has 0 bridgehead atoms. The first-order chi connectivity index (χ1) is 8.18. The number of nitrogens with one attached hydrogen (secondary N) is 1. The number of aromatic nitrogens is 1. The van der Waals surface area contributed by atoms with E-state index in [9.17, 15) is 9.90 Å². The van der Waals surface area contributed by atoms with Crippen LogP contribution in [-0.2, 0) is 0 Å². The Morgan fingerprint density at radius 3 is 2.94 bits per heavy atom. The lowest BCUT2D eigenvalue weighted by Gasteiger charge is -2.28. The number of nitrogens with zero attached hydrogens (tertiary/aromatic N) is 1. The Kier molecular flexibility index (Phi) is 4.12. The van der Waals surface area contributed by atoms with Crippen LogP contribution in [0.25, 0.3) is 0 Å². The molecule has 2 N–H and O–H groups in total. The summed E-state index contributed by atoms with van der Waals surface area (Å²) in [5.41, 5.74) is 0.505. The fraction of sp³-hybridized carbons (Fsp3) is 0.500. The lowest BCUT2D eigenvalue weighted by atomic mass is 9.92. The highest BCUT2D eigenvalue weighted by molar-refractivity contribution is 9.10. The van der Waals surface area contributed by atoms with Crippen LogP contribution in [0.15, 0.2) is 22.9 Å². The number of pyridine rings is 1. The molecule has 1 aliphatic carbocycles. The molecule has 1 aromatic rings. The molecule has 2 atom stereocenters. The minimum Gasteiger partial charge on any atom is -0.391 e. The minimum absolute atomic E-state index is 0.136. The van der Waals surface area contributed by atoms with Crippen molar-refractivity contribution in [2.24, 2.45) is 0 Å². The smallest absolute Gasteiger partial charge is 0.254 e. The van der Waals surface area contributed by atoms with Gasteiger partial charge in [0.25, 0.3) is 5.91 Å². The van der Waals surface area contributed by atoms with Crippen LogP contribution in [0.3, 0.4) is 0 Å². The van der Waals surface area contributed by atoms with Gasteiger partial charge in [0.15, 0.2) is 0 Å². The van der Waals surface area contributed by atoms with Gasteiger partial charge in [0, 0.05) is 6.20 Å². The molecule has 17 heavy (non-hydrogen) atoms.